The SMILES string of the molecule is CCNCc1cncc(/C=C/c2cn[nH]c2-c2nc3ccc(OC)cc3[nH]2)c1. The summed E-state index contributed by atoms with van der Waals surface area (Å²) in [5.41, 5.74) is 5.77. The van der Waals surface area contributed by atoms with E-state index in [1.54, 1.807) is 13.3 Å². The van der Waals surface area contributed by atoms with E-state index in [0.717, 1.165) is 58.1 Å². The van der Waals surface area contributed by atoms with Gasteiger partial charge in [0.2, 0.25) is 0 Å². The van der Waals surface area contributed by atoms with E-state index >= 15 is 0 Å². The van der Waals surface area contributed by atoms with Gasteiger partial charge in [-0.05, 0) is 35.9 Å². The molecule has 0 aliphatic rings. The summed E-state index contributed by atoms with van der Waals surface area (Å²) in [4.78, 5) is 12.3. The van der Waals surface area contributed by atoms with Crippen LogP contribution in [0, 0.1) is 0 Å². The number of rotatable bonds is 7. The second-order valence-corrected chi connectivity index (χ2v) is 6.41. The van der Waals surface area contributed by atoms with Crippen LogP contribution in [0.25, 0.3) is 34.7 Å². The van der Waals surface area contributed by atoms with Crippen molar-refractivity contribution in [1.82, 2.24) is 30.5 Å². The maximum Gasteiger partial charge on any atom is 0.157 e. The Morgan fingerprint density at radius 3 is 2.93 bits per heavy atom. The highest BCUT2D eigenvalue weighted by Crippen LogP contribution is 2.25. The van der Waals surface area contributed by atoms with E-state index in [4.69, 9.17) is 4.74 Å². The predicted octanol–water partition coefficient (Wildman–Crippen LogP) is 3.64. The van der Waals surface area contributed by atoms with Crippen molar-refractivity contribution in [2.24, 2.45) is 0 Å². The lowest BCUT2D eigenvalue weighted by Crippen LogP contribution is -2.11. The Bertz CT molecular complexity index is 1110. The van der Waals surface area contributed by atoms with Gasteiger partial charge in [-0.15, -0.1) is 0 Å². The van der Waals surface area contributed by atoms with E-state index in [1.807, 2.05) is 42.7 Å². The molecule has 1 aromatic carbocycles. The van der Waals surface area contributed by atoms with E-state index < -0.39 is 0 Å². The monoisotopic (exact) mass is 374 g/mol. The van der Waals surface area contributed by atoms with Crippen molar-refractivity contribution in [3.8, 4) is 17.3 Å². The minimum atomic E-state index is 0.736. The summed E-state index contributed by atoms with van der Waals surface area (Å²) in [7, 11) is 1.65. The van der Waals surface area contributed by atoms with Crippen molar-refractivity contribution in [3.05, 3.63) is 59.5 Å². The molecular formula is C21H22N6O. The topological polar surface area (TPSA) is 91.5 Å². The van der Waals surface area contributed by atoms with Crippen LogP contribution in [-0.2, 0) is 6.54 Å². The zero-order valence-corrected chi connectivity index (χ0v) is 15.9. The van der Waals surface area contributed by atoms with Crippen molar-refractivity contribution in [1.29, 1.82) is 0 Å². The van der Waals surface area contributed by atoms with Crippen LogP contribution < -0.4 is 10.1 Å². The van der Waals surface area contributed by atoms with Crippen LogP contribution in [0.3, 0.4) is 0 Å². The van der Waals surface area contributed by atoms with Crippen molar-refractivity contribution in [2.45, 2.75) is 13.5 Å². The van der Waals surface area contributed by atoms with Crippen LogP contribution in [0.15, 0.2) is 42.9 Å². The fourth-order valence-electron chi connectivity index (χ4n) is 3.00. The molecule has 0 amide bonds. The summed E-state index contributed by atoms with van der Waals surface area (Å²) < 4.78 is 5.28. The average molecular weight is 374 g/mol. The smallest absolute Gasteiger partial charge is 0.157 e. The van der Waals surface area contributed by atoms with Gasteiger partial charge < -0.3 is 15.0 Å². The third-order valence-electron chi connectivity index (χ3n) is 4.45. The van der Waals surface area contributed by atoms with Gasteiger partial charge in [0.15, 0.2) is 5.82 Å². The van der Waals surface area contributed by atoms with Gasteiger partial charge in [-0.3, -0.25) is 10.1 Å². The molecular weight excluding hydrogens is 352 g/mol. The maximum atomic E-state index is 5.28. The lowest BCUT2D eigenvalue weighted by atomic mass is 10.1. The summed E-state index contributed by atoms with van der Waals surface area (Å²) in [6, 6.07) is 7.88. The molecule has 0 radical (unpaired) electrons. The number of pyridine rings is 1. The van der Waals surface area contributed by atoms with Crippen molar-refractivity contribution < 1.29 is 4.74 Å². The number of aromatic nitrogens is 5. The Labute approximate surface area is 162 Å². The van der Waals surface area contributed by atoms with E-state index in [1.165, 1.54) is 0 Å². The number of fused-ring (bicyclic) bond motifs is 1. The summed E-state index contributed by atoms with van der Waals surface area (Å²) in [5, 5.41) is 10.5. The van der Waals surface area contributed by atoms with Crippen molar-refractivity contribution in [2.75, 3.05) is 13.7 Å². The summed E-state index contributed by atoms with van der Waals surface area (Å²) >= 11 is 0. The number of nitrogens with one attached hydrogen (secondary N) is 3. The first kappa shape index (κ1) is 17.9. The Morgan fingerprint density at radius 2 is 2.07 bits per heavy atom. The molecule has 0 atom stereocenters. The van der Waals surface area contributed by atoms with Gasteiger partial charge in [-0.2, -0.15) is 5.10 Å². The molecule has 0 bridgehead atoms. The zero-order valence-electron chi connectivity index (χ0n) is 15.9. The highest BCUT2D eigenvalue weighted by Gasteiger charge is 2.11. The lowest BCUT2D eigenvalue weighted by Gasteiger charge is -2.02. The maximum absolute atomic E-state index is 5.28. The molecule has 28 heavy (non-hydrogen) atoms. The van der Waals surface area contributed by atoms with Crippen LogP contribution in [0.1, 0.15) is 23.6 Å². The van der Waals surface area contributed by atoms with Gasteiger partial charge in [-0.1, -0.05) is 19.1 Å². The Morgan fingerprint density at radius 1 is 1.14 bits per heavy atom. The fraction of sp³-hybridized carbons (Fsp3) is 0.190. The molecule has 7 heteroatoms. The first-order valence-corrected chi connectivity index (χ1v) is 9.17. The molecule has 3 aromatic heterocycles. The number of methoxy groups -OCH3 is 1. The zero-order chi connectivity index (χ0) is 19.3. The molecule has 0 saturated carbocycles. The molecule has 7 nitrogen and oxygen atoms in total. The number of hydrogen-bond acceptors (Lipinski definition) is 5. The Hall–Kier alpha value is -3.45. The largest absolute Gasteiger partial charge is 0.497 e. The minimum absolute atomic E-state index is 0.736. The third-order valence-corrected chi connectivity index (χ3v) is 4.45. The molecule has 4 aromatic rings. The molecule has 3 heterocycles. The van der Waals surface area contributed by atoms with Gasteiger partial charge in [0.05, 0.1) is 24.3 Å². The van der Waals surface area contributed by atoms with Gasteiger partial charge in [0.1, 0.15) is 11.4 Å². The number of ether oxygens (including phenoxy) is 1. The Kier molecular flexibility index (Phi) is 5.16. The molecule has 142 valence electrons. The van der Waals surface area contributed by atoms with Crippen molar-refractivity contribution in [3.63, 3.8) is 0 Å². The Balaban J connectivity index is 1.60. The quantitative estimate of drug-likeness (QED) is 0.459. The second kappa shape index (κ2) is 8.06. The predicted molar refractivity (Wildman–Crippen MR) is 111 cm³/mol. The summed E-state index contributed by atoms with van der Waals surface area (Å²) in [6.45, 7) is 3.83. The highest BCUT2D eigenvalue weighted by molar-refractivity contribution is 5.83. The highest BCUT2D eigenvalue weighted by atomic mass is 16.5. The fourth-order valence-corrected chi connectivity index (χ4v) is 3.00. The standard InChI is InChI=1S/C21H22N6O/c1-3-22-11-15-8-14(10-23-12-15)4-5-16-13-24-27-20(16)21-25-18-7-6-17(28-2)9-19(18)26-21/h4-10,12-13,22H,3,11H2,1-2H3,(H,24,27)(H,25,26)/b5-4+. The molecule has 3 N–H and O–H groups in total. The molecule has 0 aliphatic heterocycles. The lowest BCUT2D eigenvalue weighted by molar-refractivity contribution is 0.415. The van der Waals surface area contributed by atoms with E-state index in [-0.39, 0.29) is 0 Å². The van der Waals surface area contributed by atoms with Gasteiger partial charge in [-0.25, -0.2) is 4.98 Å². The number of H-pyrrole nitrogens is 2. The third kappa shape index (κ3) is 3.79. The van der Waals surface area contributed by atoms with Crippen LogP contribution in [-0.4, -0.2) is 38.8 Å². The number of benzene rings is 1. The number of imidazole rings is 1. The number of aromatic amines is 2. The van der Waals surface area contributed by atoms with Gasteiger partial charge in [0.25, 0.3) is 0 Å². The minimum Gasteiger partial charge on any atom is -0.497 e. The second-order valence-electron chi connectivity index (χ2n) is 6.41. The van der Waals surface area contributed by atoms with Gasteiger partial charge in [0, 0.05) is 30.6 Å². The molecule has 0 fully saturated rings. The van der Waals surface area contributed by atoms with Crippen LogP contribution in [0.5, 0.6) is 5.75 Å². The van der Waals surface area contributed by atoms with E-state index in [2.05, 4.69) is 43.5 Å². The first-order chi connectivity index (χ1) is 13.8. The first-order valence-electron chi connectivity index (χ1n) is 9.17. The van der Waals surface area contributed by atoms with Crippen LogP contribution in [0.2, 0.25) is 0 Å². The number of hydrogen-bond donors (Lipinski definition) is 3. The normalized spacial score (nSPS) is 11.5. The molecule has 4 rings (SSSR count). The summed E-state index contributed by atoms with van der Waals surface area (Å²) in [6.07, 6.45) is 9.56. The van der Waals surface area contributed by atoms with Crippen LogP contribution in [0.4, 0.5) is 0 Å². The van der Waals surface area contributed by atoms with E-state index in [9.17, 15) is 0 Å². The molecule has 0 spiro atoms. The molecule has 0 unspecified atom stereocenters. The molecule has 0 saturated heterocycles. The van der Waals surface area contributed by atoms with E-state index in [0.29, 0.717) is 0 Å². The number of nitrogens with zero attached hydrogens (tertiary/aromatic N) is 3. The molecule has 0 aliphatic carbocycles. The van der Waals surface area contributed by atoms with Crippen molar-refractivity contribution >= 4 is 23.2 Å². The average Bonchev–Trinajstić information content (AvgIpc) is 3.36. The summed E-state index contributed by atoms with van der Waals surface area (Å²) in [5.74, 6) is 1.52. The van der Waals surface area contributed by atoms with Crippen LogP contribution >= 0.6 is 0 Å². The van der Waals surface area contributed by atoms with Gasteiger partial charge >= 0.3 is 0 Å².